The molecule has 0 amide bonds. The van der Waals surface area contributed by atoms with Gasteiger partial charge in [-0.1, -0.05) is 80.8 Å². The second-order valence-corrected chi connectivity index (χ2v) is 8.97. The van der Waals surface area contributed by atoms with Crippen LogP contribution in [0, 0.1) is 0 Å². The predicted octanol–water partition coefficient (Wildman–Crippen LogP) is 8.64. The fourth-order valence-corrected chi connectivity index (χ4v) is 5.31. The van der Waals surface area contributed by atoms with E-state index in [1.165, 1.54) is 69.2 Å². The van der Waals surface area contributed by atoms with Gasteiger partial charge in [-0.15, -0.1) is 11.3 Å². The number of aryl methyl sites for hydroxylation is 1. The van der Waals surface area contributed by atoms with Crippen LogP contribution in [0.3, 0.4) is 0 Å². The second kappa shape index (κ2) is 8.49. The third-order valence-corrected chi connectivity index (χ3v) is 6.88. The molecule has 30 heavy (non-hydrogen) atoms. The minimum atomic E-state index is 1.15. The Morgan fingerprint density at radius 1 is 0.767 bits per heavy atom. The van der Waals surface area contributed by atoms with Crippen LogP contribution >= 0.6 is 11.3 Å². The first-order valence-electron chi connectivity index (χ1n) is 11.0. The summed E-state index contributed by atoms with van der Waals surface area (Å²) in [5.74, 6) is 0. The highest BCUT2D eigenvalue weighted by molar-refractivity contribution is 7.17. The molecular weight excluding hydrogens is 382 g/mol. The third-order valence-electron chi connectivity index (χ3n) is 5.93. The normalized spacial score (nSPS) is 11.5. The average Bonchev–Trinajstić information content (AvgIpc) is 3.41. The van der Waals surface area contributed by atoms with Gasteiger partial charge in [0, 0.05) is 5.39 Å². The summed E-state index contributed by atoms with van der Waals surface area (Å²) in [5, 5.41) is 4.87. The molecule has 0 aliphatic heterocycles. The zero-order chi connectivity index (χ0) is 20.3. The van der Waals surface area contributed by atoms with Gasteiger partial charge < -0.3 is 4.57 Å². The Balaban J connectivity index is 1.71. The molecule has 0 unspecified atom stereocenters. The number of hydrogen-bond acceptors (Lipinski definition) is 1. The van der Waals surface area contributed by atoms with Gasteiger partial charge in [-0.05, 0) is 59.0 Å². The van der Waals surface area contributed by atoms with Gasteiger partial charge in [-0.25, -0.2) is 0 Å². The molecule has 1 nitrogen and oxygen atoms in total. The van der Waals surface area contributed by atoms with Crippen LogP contribution in [-0.2, 0) is 6.42 Å². The van der Waals surface area contributed by atoms with E-state index in [0.29, 0.717) is 0 Å². The highest BCUT2D eigenvalue weighted by Crippen LogP contribution is 2.37. The number of para-hydroxylation sites is 1. The zero-order valence-corrected chi connectivity index (χ0v) is 18.3. The molecule has 3 aromatic carbocycles. The second-order valence-electron chi connectivity index (χ2n) is 8.05. The van der Waals surface area contributed by atoms with E-state index in [2.05, 4.69) is 95.7 Å². The van der Waals surface area contributed by atoms with Crippen LogP contribution in [0.1, 0.15) is 38.2 Å². The summed E-state index contributed by atoms with van der Waals surface area (Å²) in [7, 11) is 0. The van der Waals surface area contributed by atoms with E-state index in [0.717, 1.165) is 6.42 Å². The Morgan fingerprint density at radius 3 is 2.47 bits per heavy atom. The molecule has 2 heterocycles. The average molecular weight is 410 g/mol. The minimum absolute atomic E-state index is 1.15. The topological polar surface area (TPSA) is 4.93 Å². The largest absolute Gasteiger partial charge is 0.308 e. The molecule has 2 aromatic heterocycles. The van der Waals surface area contributed by atoms with Crippen LogP contribution in [0.5, 0.6) is 0 Å². The van der Waals surface area contributed by atoms with Crippen molar-refractivity contribution in [3.05, 3.63) is 89.8 Å². The first-order chi connectivity index (χ1) is 14.8. The van der Waals surface area contributed by atoms with E-state index in [4.69, 9.17) is 0 Å². The van der Waals surface area contributed by atoms with Gasteiger partial charge in [-0.2, -0.15) is 0 Å². The van der Waals surface area contributed by atoms with Gasteiger partial charge in [-0.3, -0.25) is 0 Å². The van der Waals surface area contributed by atoms with Crippen LogP contribution in [0.4, 0.5) is 0 Å². The van der Waals surface area contributed by atoms with Gasteiger partial charge in [0.1, 0.15) is 0 Å². The molecule has 5 rings (SSSR count). The number of fused-ring (bicyclic) bond motifs is 2. The smallest absolute Gasteiger partial charge is 0.0643 e. The lowest BCUT2D eigenvalue weighted by atomic mass is 10.0. The summed E-state index contributed by atoms with van der Waals surface area (Å²) in [6, 6.07) is 28.9. The Bertz CT molecular complexity index is 1280. The lowest BCUT2D eigenvalue weighted by molar-refractivity contribution is 0.667. The molecule has 0 aliphatic carbocycles. The summed E-state index contributed by atoms with van der Waals surface area (Å²) < 4.78 is 3.84. The van der Waals surface area contributed by atoms with Gasteiger partial charge in [0.05, 0.1) is 21.6 Å². The zero-order valence-electron chi connectivity index (χ0n) is 17.5. The number of benzene rings is 3. The van der Waals surface area contributed by atoms with Crippen molar-refractivity contribution in [3.8, 4) is 16.9 Å². The number of rotatable bonds is 7. The molecule has 0 N–H and O–H groups in total. The summed E-state index contributed by atoms with van der Waals surface area (Å²) in [4.78, 5) is 0. The van der Waals surface area contributed by atoms with E-state index < -0.39 is 0 Å². The molecule has 150 valence electrons. The van der Waals surface area contributed by atoms with Crippen molar-refractivity contribution >= 4 is 32.3 Å². The Hall–Kier alpha value is -2.84. The highest BCUT2D eigenvalue weighted by atomic mass is 32.1. The van der Waals surface area contributed by atoms with Crippen molar-refractivity contribution < 1.29 is 0 Å². The van der Waals surface area contributed by atoms with Crippen molar-refractivity contribution in [2.24, 2.45) is 0 Å². The van der Waals surface area contributed by atoms with Crippen LogP contribution in [-0.4, -0.2) is 4.57 Å². The predicted molar refractivity (Wildman–Crippen MR) is 132 cm³/mol. The fourth-order valence-electron chi connectivity index (χ4n) is 4.43. The molecule has 0 bridgehead atoms. The van der Waals surface area contributed by atoms with Crippen molar-refractivity contribution in [2.45, 2.75) is 39.0 Å². The van der Waals surface area contributed by atoms with Crippen LogP contribution in [0.25, 0.3) is 37.9 Å². The van der Waals surface area contributed by atoms with Crippen LogP contribution in [0.15, 0.2) is 84.2 Å². The summed E-state index contributed by atoms with van der Waals surface area (Å²) >= 11 is 1.84. The van der Waals surface area contributed by atoms with E-state index >= 15 is 0 Å². The molecule has 0 radical (unpaired) electrons. The highest BCUT2D eigenvalue weighted by Gasteiger charge is 2.16. The maximum Gasteiger partial charge on any atom is 0.0643 e. The van der Waals surface area contributed by atoms with Gasteiger partial charge in [0.2, 0.25) is 0 Å². The van der Waals surface area contributed by atoms with E-state index in [-0.39, 0.29) is 0 Å². The molecule has 0 spiro atoms. The number of thiophene rings is 1. The fraction of sp³-hybridized carbons (Fsp3) is 0.214. The first kappa shape index (κ1) is 19.1. The standard InChI is InChI=1S/C28H27NS/c1-2-3-4-6-11-21-18-24-16-17-30-28(24)27(19-21)29-25-15-10-9-14-23(25)20-26(29)22-12-7-5-8-13-22/h5,7-10,12-20H,2-4,6,11H2,1H3. The third kappa shape index (κ3) is 3.57. The molecular formula is C28H27NS. The number of aromatic nitrogens is 1. The van der Waals surface area contributed by atoms with Crippen molar-refractivity contribution in [3.63, 3.8) is 0 Å². The van der Waals surface area contributed by atoms with Crippen molar-refractivity contribution in [2.75, 3.05) is 0 Å². The molecule has 0 fully saturated rings. The van der Waals surface area contributed by atoms with E-state index in [9.17, 15) is 0 Å². The molecule has 5 aromatic rings. The molecule has 2 heteroatoms. The molecule has 0 aliphatic rings. The van der Waals surface area contributed by atoms with Gasteiger partial charge in [0.25, 0.3) is 0 Å². The summed E-state index contributed by atoms with van der Waals surface area (Å²) in [6.45, 7) is 2.28. The van der Waals surface area contributed by atoms with E-state index in [1.54, 1.807) is 0 Å². The Labute approximate surface area is 182 Å². The maximum absolute atomic E-state index is 2.47. The molecule has 0 atom stereocenters. The van der Waals surface area contributed by atoms with Gasteiger partial charge in [0.15, 0.2) is 0 Å². The van der Waals surface area contributed by atoms with E-state index in [1.807, 2.05) is 11.3 Å². The molecule has 0 saturated heterocycles. The lowest BCUT2D eigenvalue weighted by Gasteiger charge is -2.14. The van der Waals surface area contributed by atoms with Gasteiger partial charge >= 0.3 is 0 Å². The Kier molecular flexibility index (Phi) is 5.42. The maximum atomic E-state index is 2.47. The Morgan fingerprint density at radius 2 is 1.60 bits per heavy atom. The number of unbranched alkanes of at least 4 members (excludes halogenated alkanes) is 3. The van der Waals surface area contributed by atoms with Crippen LogP contribution in [0.2, 0.25) is 0 Å². The van der Waals surface area contributed by atoms with Crippen LogP contribution < -0.4 is 0 Å². The number of nitrogens with zero attached hydrogens (tertiary/aromatic N) is 1. The lowest BCUT2D eigenvalue weighted by Crippen LogP contribution is -1.99. The monoisotopic (exact) mass is 409 g/mol. The van der Waals surface area contributed by atoms with Crippen molar-refractivity contribution in [1.82, 2.24) is 4.57 Å². The quantitative estimate of drug-likeness (QED) is 0.237. The first-order valence-corrected chi connectivity index (χ1v) is 11.9. The minimum Gasteiger partial charge on any atom is -0.308 e. The van der Waals surface area contributed by atoms with Crippen molar-refractivity contribution in [1.29, 1.82) is 0 Å². The molecule has 0 saturated carbocycles. The summed E-state index contributed by atoms with van der Waals surface area (Å²) in [6.07, 6.45) is 6.34. The summed E-state index contributed by atoms with van der Waals surface area (Å²) in [5.41, 5.74) is 6.55. The SMILES string of the molecule is CCCCCCc1cc(-n2c(-c3ccccc3)cc3ccccc32)c2sccc2c1. The number of hydrogen-bond donors (Lipinski definition) is 0.